The second kappa shape index (κ2) is 4.37. The Morgan fingerprint density at radius 3 is 2.58 bits per heavy atom. The highest BCUT2D eigenvalue weighted by molar-refractivity contribution is 9.10. The number of nitrogens with zero attached hydrogens (tertiary/aromatic N) is 3. The highest BCUT2D eigenvalue weighted by Gasteiger charge is 2.01. The maximum absolute atomic E-state index is 8.65. The number of aromatic nitrogens is 2. The van der Waals surface area contributed by atoms with Crippen LogP contribution in [0.4, 0.5) is 5.95 Å². The van der Waals surface area contributed by atoms with E-state index in [1.165, 1.54) is 0 Å². The molecule has 1 heterocycles. The fraction of sp³-hybridized carbons (Fsp3) is 0.429. The molecule has 0 fully saturated rings. The largest absolute Gasteiger partial charge is 0.395 e. The molecule has 0 spiro atoms. The van der Waals surface area contributed by atoms with Crippen molar-refractivity contribution in [3.63, 3.8) is 0 Å². The third-order valence-electron chi connectivity index (χ3n) is 1.38. The first-order chi connectivity index (χ1) is 5.74. The van der Waals surface area contributed by atoms with Crippen LogP contribution in [0.15, 0.2) is 16.9 Å². The summed E-state index contributed by atoms with van der Waals surface area (Å²) in [6.45, 7) is 0.650. The topological polar surface area (TPSA) is 49.2 Å². The van der Waals surface area contributed by atoms with E-state index in [9.17, 15) is 0 Å². The Morgan fingerprint density at radius 1 is 1.50 bits per heavy atom. The molecule has 66 valence electrons. The highest BCUT2D eigenvalue weighted by atomic mass is 79.9. The summed E-state index contributed by atoms with van der Waals surface area (Å²) in [5, 5.41) is 8.65. The van der Waals surface area contributed by atoms with Crippen molar-refractivity contribution in [2.75, 3.05) is 25.1 Å². The van der Waals surface area contributed by atoms with Gasteiger partial charge in [-0.1, -0.05) is 0 Å². The monoisotopic (exact) mass is 231 g/mol. The van der Waals surface area contributed by atoms with Gasteiger partial charge in [-0.05, 0) is 15.9 Å². The first-order valence-corrected chi connectivity index (χ1v) is 4.33. The van der Waals surface area contributed by atoms with Crippen molar-refractivity contribution >= 4 is 21.9 Å². The van der Waals surface area contributed by atoms with Crippen LogP contribution in [0.1, 0.15) is 0 Å². The molecule has 0 atom stereocenters. The van der Waals surface area contributed by atoms with E-state index in [1.54, 1.807) is 17.3 Å². The Balaban J connectivity index is 2.68. The molecule has 0 saturated heterocycles. The van der Waals surface area contributed by atoms with Gasteiger partial charge in [0.15, 0.2) is 0 Å². The van der Waals surface area contributed by atoms with Gasteiger partial charge < -0.3 is 10.0 Å². The molecule has 5 heteroatoms. The van der Waals surface area contributed by atoms with Crippen molar-refractivity contribution in [3.8, 4) is 0 Å². The Bertz CT molecular complexity index is 239. The second-order valence-electron chi connectivity index (χ2n) is 2.35. The van der Waals surface area contributed by atoms with Gasteiger partial charge in [0.1, 0.15) is 0 Å². The van der Waals surface area contributed by atoms with Gasteiger partial charge in [0, 0.05) is 26.0 Å². The molecule has 1 aromatic heterocycles. The molecule has 0 aliphatic heterocycles. The Morgan fingerprint density at radius 2 is 2.08 bits per heavy atom. The molecule has 1 aromatic rings. The summed E-state index contributed by atoms with van der Waals surface area (Å²) in [4.78, 5) is 9.89. The molecular formula is C7H10BrN3O. The smallest absolute Gasteiger partial charge is 0.225 e. The lowest BCUT2D eigenvalue weighted by molar-refractivity contribution is 0.303. The average Bonchev–Trinajstić information content (AvgIpc) is 2.06. The van der Waals surface area contributed by atoms with Crippen LogP contribution in [-0.4, -0.2) is 35.3 Å². The molecule has 0 bridgehead atoms. The SMILES string of the molecule is CN(CCO)c1ncc(Br)cn1. The average molecular weight is 232 g/mol. The minimum absolute atomic E-state index is 0.107. The van der Waals surface area contributed by atoms with Crippen LogP contribution in [0.25, 0.3) is 0 Å². The fourth-order valence-corrected chi connectivity index (χ4v) is 0.957. The van der Waals surface area contributed by atoms with Crippen molar-refractivity contribution in [1.29, 1.82) is 0 Å². The van der Waals surface area contributed by atoms with E-state index < -0.39 is 0 Å². The summed E-state index contributed by atoms with van der Waals surface area (Å²) in [7, 11) is 1.83. The van der Waals surface area contributed by atoms with Crippen LogP contribution < -0.4 is 4.90 Å². The minimum atomic E-state index is 0.107. The van der Waals surface area contributed by atoms with Gasteiger partial charge in [0.05, 0.1) is 11.1 Å². The number of halogens is 1. The maximum Gasteiger partial charge on any atom is 0.225 e. The maximum atomic E-state index is 8.65. The summed E-state index contributed by atoms with van der Waals surface area (Å²) in [6.07, 6.45) is 3.35. The predicted molar refractivity (Wildman–Crippen MR) is 50.1 cm³/mol. The van der Waals surface area contributed by atoms with Gasteiger partial charge in [0.2, 0.25) is 5.95 Å². The van der Waals surface area contributed by atoms with Gasteiger partial charge in [-0.3, -0.25) is 0 Å². The molecular weight excluding hydrogens is 222 g/mol. The standard InChI is InChI=1S/C7H10BrN3O/c1-11(2-3-12)7-9-4-6(8)5-10-7/h4-5,12H,2-3H2,1H3. The summed E-state index contributed by atoms with van der Waals surface area (Å²) < 4.78 is 0.851. The number of aliphatic hydroxyl groups is 1. The molecule has 1 N–H and O–H groups in total. The zero-order chi connectivity index (χ0) is 8.97. The Hall–Kier alpha value is -0.680. The molecule has 4 nitrogen and oxygen atoms in total. The lowest BCUT2D eigenvalue weighted by Gasteiger charge is -2.14. The second-order valence-corrected chi connectivity index (χ2v) is 3.26. The zero-order valence-electron chi connectivity index (χ0n) is 6.74. The van der Waals surface area contributed by atoms with Crippen molar-refractivity contribution in [1.82, 2.24) is 9.97 Å². The van der Waals surface area contributed by atoms with Gasteiger partial charge in [0.25, 0.3) is 0 Å². The van der Waals surface area contributed by atoms with E-state index in [1.807, 2.05) is 7.05 Å². The van der Waals surface area contributed by atoms with Crippen LogP contribution in [0, 0.1) is 0 Å². The van der Waals surface area contributed by atoms with Gasteiger partial charge in [-0.2, -0.15) is 0 Å². The summed E-state index contributed by atoms with van der Waals surface area (Å²) in [5.74, 6) is 0.618. The van der Waals surface area contributed by atoms with Crippen molar-refractivity contribution in [3.05, 3.63) is 16.9 Å². The summed E-state index contributed by atoms with van der Waals surface area (Å²) >= 11 is 3.24. The molecule has 0 saturated carbocycles. The Kier molecular flexibility index (Phi) is 3.43. The van der Waals surface area contributed by atoms with E-state index in [0.717, 1.165) is 4.47 Å². The van der Waals surface area contributed by atoms with E-state index in [0.29, 0.717) is 12.5 Å². The van der Waals surface area contributed by atoms with Crippen LogP contribution in [-0.2, 0) is 0 Å². The zero-order valence-corrected chi connectivity index (χ0v) is 8.32. The number of hydrogen-bond acceptors (Lipinski definition) is 4. The molecule has 0 amide bonds. The van der Waals surface area contributed by atoms with E-state index in [-0.39, 0.29) is 6.61 Å². The Labute approximate surface area is 79.4 Å². The quantitative estimate of drug-likeness (QED) is 0.831. The van der Waals surface area contributed by atoms with Crippen LogP contribution in [0.3, 0.4) is 0 Å². The van der Waals surface area contributed by atoms with Crippen LogP contribution in [0.5, 0.6) is 0 Å². The van der Waals surface area contributed by atoms with Crippen molar-refractivity contribution < 1.29 is 5.11 Å². The van der Waals surface area contributed by atoms with E-state index >= 15 is 0 Å². The number of aliphatic hydroxyl groups excluding tert-OH is 1. The molecule has 0 aliphatic carbocycles. The number of hydrogen-bond donors (Lipinski definition) is 1. The molecule has 0 aliphatic rings. The molecule has 0 unspecified atom stereocenters. The van der Waals surface area contributed by atoms with Gasteiger partial charge in [-0.15, -0.1) is 0 Å². The predicted octanol–water partition coefficient (Wildman–Crippen LogP) is 0.668. The minimum Gasteiger partial charge on any atom is -0.395 e. The first kappa shape index (κ1) is 9.41. The number of anilines is 1. The summed E-state index contributed by atoms with van der Waals surface area (Å²) in [6, 6.07) is 0. The number of rotatable bonds is 3. The molecule has 12 heavy (non-hydrogen) atoms. The van der Waals surface area contributed by atoms with Crippen molar-refractivity contribution in [2.24, 2.45) is 0 Å². The first-order valence-electron chi connectivity index (χ1n) is 3.53. The highest BCUT2D eigenvalue weighted by Crippen LogP contribution is 2.08. The van der Waals surface area contributed by atoms with E-state index in [2.05, 4.69) is 25.9 Å². The molecule has 0 aromatic carbocycles. The fourth-order valence-electron chi connectivity index (χ4n) is 0.753. The van der Waals surface area contributed by atoms with E-state index in [4.69, 9.17) is 5.11 Å². The molecule has 1 rings (SSSR count). The lowest BCUT2D eigenvalue weighted by Crippen LogP contribution is -2.23. The van der Waals surface area contributed by atoms with Gasteiger partial charge in [-0.25, -0.2) is 9.97 Å². The van der Waals surface area contributed by atoms with Crippen LogP contribution in [0.2, 0.25) is 0 Å². The van der Waals surface area contributed by atoms with Crippen LogP contribution >= 0.6 is 15.9 Å². The summed E-state index contributed by atoms with van der Waals surface area (Å²) in [5.41, 5.74) is 0. The molecule has 0 radical (unpaired) electrons. The number of likely N-dealkylation sites (N-methyl/N-ethyl adjacent to an activating group) is 1. The third kappa shape index (κ3) is 2.42. The normalized spacial score (nSPS) is 9.92. The van der Waals surface area contributed by atoms with Crippen molar-refractivity contribution in [2.45, 2.75) is 0 Å². The lowest BCUT2D eigenvalue weighted by atomic mass is 10.6. The third-order valence-corrected chi connectivity index (χ3v) is 1.79. The van der Waals surface area contributed by atoms with Gasteiger partial charge >= 0.3 is 0 Å².